The van der Waals surface area contributed by atoms with Gasteiger partial charge in [0, 0.05) is 102 Å². The fourth-order valence-electron chi connectivity index (χ4n) is 13.4. The molecule has 6 fully saturated rings. The SMILES string of the molecule is CC(C)C.COC[C@@H]1C[C@@H](OP(=O)(O)OC[C@@H]2C[C@@H](OP(=O)(O)OC[C@@H]3C[C@@H](O)CN3C(=O)CCCCC(=O)CCCO[C@@H]3OC(CO)[C@H](O)[C@H](O)C3C)CN2C(=O)CCCCC(=O)CCCO[C@@H]2OC(CO)[C@H](O)[C@H](O)C2C)CN1C(=O)CCCCC(=O)CCCO[C@@H]1OC(CO)[C@H](O)[C@H](O)C1C. The molecular formula is C68H121N3O31P2. The molecule has 0 spiro atoms. The third-order valence-electron chi connectivity index (χ3n) is 19.4. The lowest BCUT2D eigenvalue weighted by atomic mass is 9.92. The van der Waals surface area contributed by atoms with Crippen LogP contribution in [0.25, 0.3) is 0 Å². The van der Waals surface area contributed by atoms with Crippen LogP contribution in [-0.2, 0) is 89.2 Å². The maximum atomic E-state index is 14.0. The second-order valence-electron chi connectivity index (χ2n) is 29.0. The van der Waals surface area contributed by atoms with Gasteiger partial charge in [-0.1, -0.05) is 41.5 Å². The molecule has 0 radical (unpaired) electrons. The van der Waals surface area contributed by atoms with Gasteiger partial charge in [0.1, 0.15) is 54.0 Å². The number of rotatable bonds is 45. The number of phosphoric ester groups is 2. The number of methoxy groups -OCH3 is 1. The molecule has 8 unspecified atom stereocenters. The maximum Gasteiger partial charge on any atom is 0.472 e. The summed E-state index contributed by atoms with van der Waals surface area (Å²) in [5.74, 6) is -2.41. The first-order valence-electron chi connectivity index (χ1n) is 36.9. The van der Waals surface area contributed by atoms with Crippen molar-refractivity contribution < 1.29 is 150 Å². The number of amides is 3. The van der Waals surface area contributed by atoms with Crippen LogP contribution in [0.15, 0.2) is 0 Å². The zero-order chi connectivity index (χ0) is 77.0. The molecule has 3 amide bonds. The fourth-order valence-corrected chi connectivity index (χ4v) is 15.3. The van der Waals surface area contributed by atoms with Gasteiger partial charge in [0.2, 0.25) is 17.7 Å². The number of carbonyl (C=O) groups is 6. The van der Waals surface area contributed by atoms with Crippen LogP contribution in [0.5, 0.6) is 0 Å². The molecule has 36 heteroatoms. The molecule has 0 aromatic heterocycles. The fraction of sp³-hybridized carbons (Fsp3) is 0.912. The van der Waals surface area contributed by atoms with Crippen LogP contribution in [-0.4, -0.2) is 307 Å². The van der Waals surface area contributed by atoms with Crippen LogP contribution in [0, 0.1) is 23.7 Å². The quantitative estimate of drug-likeness (QED) is 0.0303. The number of likely N-dealkylation sites (tertiary alicyclic amines) is 3. The molecule has 6 aliphatic rings. The normalized spacial score (nSPS) is 32.8. The summed E-state index contributed by atoms with van der Waals surface area (Å²) in [6, 6.07) is -2.43. The highest BCUT2D eigenvalue weighted by Gasteiger charge is 2.48. The molecule has 0 aromatic rings. The van der Waals surface area contributed by atoms with Crippen LogP contribution < -0.4 is 0 Å². The van der Waals surface area contributed by atoms with Crippen molar-refractivity contribution in [1.29, 1.82) is 0 Å². The first-order chi connectivity index (χ1) is 49.2. The molecule has 12 N–H and O–H groups in total. The molecule has 0 aliphatic carbocycles. The van der Waals surface area contributed by atoms with Crippen LogP contribution in [0.4, 0.5) is 0 Å². The summed E-state index contributed by atoms with van der Waals surface area (Å²) < 4.78 is 88.7. The number of nitrogens with zero attached hydrogens (tertiary/aromatic N) is 3. The van der Waals surface area contributed by atoms with Crippen molar-refractivity contribution in [2.75, 3.05) is 86.2 Å². The summed E-state index contributed by atoms with van der Waals surface area (Å²) in [6.07, 6.45) is -12.6. The van der Waals surface area contributed by atoms with Crippen LogP contribution >= 0.6 is 15.6 Å². The zero-order valence-electron chi connectivity index (χ0n) is 61.4. The molecule has 34 nitrogen and oxygen atoms in total. The largest absolute Gasteiger partial charge is 0.472 e. The van der Waals surface area contributed by atoms with E-state index in [9.17, 15) is 98.7 Å². The molecule has 0 saturated carbocycles. The topological polar surface area (TPSA) is 491 Å². The number of aliphatic hydroxyl groups excluding tert-OH is 10. The smallest absolute Gasteiger partial charge is 0.394 e. The van der Waals surface area contributed by atoms with E-state index in [-0.39, 0.29) is 165 Å². The van der Waals surface area contributed by atoms with Crippen molar-refractivity contribution in [3.63, 3.8) is 0 Å². The highest BCUT2D eigenvalue weighted by molar-refractivity contribution is 7.47. The predicted octanol–water partition coefficient (Wildman–Crippen LogP) is 1.47. The Morgan fingerprint density at radius 3 is 1.01 bits per heavy atom. The average Bonchev–Trinajstić information content (AvgIpc) is 1.79. The third kappa shape index (κ3) is 30.0. The van der Waals surface area contributed by atoms with E-state index >= 15 is 0 Å². The van der Waals surface area contributed by atoms with E-state index in [0.717, 1.165) is 5.92 Å². The van der Waals surface area contributed by atoms with E-state index in [1.54, 1.807) is 20.8 Å². The van der Waals surface area contributed by atoms with Gasteiger partial charge in [0.05, 0.1) is 114 Å². The number of unbranched alkanes of at least 4 members (excludes halogenated alkanes) is 3. The van der Waals surface area contributed by atoms with Gasteiger partial charge in [-0.05, 0) is 83.0 Å². The number of aliphatic hydroxyl groups is 10. The minimum Gasteiger partial charge on any atom is -0.394 e. The summed E-state index contributed by atoms with van der Waals surface area (Å²) in [5, 5.41) is 100. The minimum absolute atomic E-state index is 0.00411. The second kappa shape index (κ2) is 45.9. The Morgan fingerprint density at radius 2 is 0.702 bits per heavy atom. The van der Waals surface area contributed by atoms with Gasteiger partial charge < -0.3 is 109 Å². The first kappa shape index (κ1) is 91.6. The number of ether oxygens (including phenoxy) is 7. The zero-order valence-corrected chi connectivity index (χ0v) is 63.2. The number of carbonyl (C=O) groups excluding carboxylic acids is 6. The molecule has 0 aromatic carbocycles. The highest BCUT2D eigenvalue weighted by atomic mass is 31.2. The van der Waals surface area contributed by atoms with Gasteiger partial charge in [-0.25, -0.2) is 9.13 Å². The van der Waals surface area contributed by atoms with E-state index in [1.165, 1.54) is 21.8 Å². The average molecular weight is 1540 g/mol. The molecule has 604 valence electrons. The van der Waals surface area contributed by atoms with Crippen LogP contribution in [0.1, 0.15) is 176 Å². The van der Waals surface area contributed by atoms with Crippen LogP contribution in [0.3, 0.4) is 0 Å². The molecule has 6 rings (SSSR count). The van der Waals surface area contributed by atoms with Gasteiger partial charge in [0.25, 0.3) is 0 Å². The van der Waals surface area contributed by atoms with Gasteiger partial charge in [-0.2, -0.15) is 0 Å². The number of Topliss-reactive ketones (excluding diaryl/α,β-unsaturated/α-hetero) is 3. The van der Waals surface area contributed by atoms with Gasteiger partial charge >= 0.3 is 15.6 Å². The van der Waals surface area contributed by atoms with Gasteiger partial charge in [-0.3, -0.25) is 46.9 Å². The lowest BCUT2D eigenvalue weighted by molar-refractivity contribution is -0.282. The summed E-state index contributed by atoms with van der Waals surface area (Å²) in [7, 11) is -8.54. The predicted molar refractivity (Wildman–Crippen MR) is 367 cm³/mol. The number of β-amino-alcohol motifs (C(OH)–C–C–N with tert-alkyl or cyclic N) is 1. The van der Waals surface area contributed by atoms with E-state index in [2.05, 4.69) is 20.8 Å². The molecule has 0 bridgehead atoms. The number of phosphoric acid groups is 2. The van der Waals surface area contributed by atoms with Crippen LogP contribution in [0.2, 0.25) is 0 Å². The van der Waals surface area contributed by atoms with Crippen molar-refractivity contribution in [2.24, 2.45) is 23.7 Å². The van der Waals surface area contributed by atoms with Gasteiger partial charge in [0.15, 0.2) is 18.9 Å². The molecule has 104 heavy (non-hydrogen) atoms. The molecule has 23 atom stereocenters. The number of hydrogen-bond donors (Lipinski definition) is 12. The Balaban J connectivity index is 0.00000473. The minimum atomic E-state index is -5.00. The number of ketones is 3. The van der Waals surface area contributed by atoms with Crippen molar-refractivity contribution in [3.8, 4) is 0 Å². The molecule has 6 aliphatic heterocycles. The van der Waals surface area contributed by atoms with Crippen molar-refractivity contribution in [2.45, 2.75) is 287 Å². The molecule has 6 saturated heterocycles. The lowest BCUT2D eigenvalue weighted by Crippen LogP contribution is -2.55. The Morgan fingerprint density at radius 1 is 0.423 bits per heavy atom. The highest BCUT2D eigenvalue weighted by Crippen LogP contribution is 2.50. The summed E-state index contributed by atoms with van der Waals surface area (Å²) >= 11 is 0. The summed E-state index contributed by atoms with van der Waals surface area (Å²) in [5.41, 5.74) is 0. The van der Waals surface area contributed by atoms with E-state index in [0.29, 0.717) is 44.9 Å². The van der Waals surface area contributed by atoms with Crippen molar-refractivity contribution in [1.82, 2.24) is 14.7 Å². The third-order valence-corrected chi connectivity index (χ3v) is 21.5. The van der Waals surface area contributed by atoms with E-state index in [1.807, 2.05) is 0 Å². The molecule has 6 heterocycles. The lowest BCUT2D eigenvalue weighted by Gasteiger charge is -2.40. The Hall–Kier alpha value is -3.04. The van der Waals surface area contributed by atoms with Gasteiger partial charge in [-0.15, -0.1) is 0 Å². The Bertz CT molecular complexity index is 2680. The monoisotopic (exact) mass is 1540 g/mol. The van der Waals surface area contributed by atoms with E-state index in [4.69, 9.17) is 51.3 Å². The van der Waals surface area contributed by atoms with Crippen molar-refractivity contribution >= 4 is 50.7 Å². The Kier molecular flexibility index (Phi) is 40.5. The summed E-state index contributed by atoms with van der Waals surface area (Å²) in [4.78, 5) is 106. The number of hydrogen-bond acceptors (Lipinski definition) is 29. The van der Waals surface area contributed by atoms with Crippen molar-refractivity contribution in [3.05, 3.63) is 0 Å². The Labute approximate surface area is 609 Å². The van der Waals surface area contributed by atoms with E-state index < -0.39 is 183 Å². The summed E-state index contributed by atoms with van der Waals surface area (Å²) in [6.45, 7) is 8.56. The maximum absolute atomic E-state index is 14.0. The standard InChI is InChI=1S/C64H111N3O31P2.C4H10/c1-38-56(78)59(81)50(32-68)94-62(38)89-23-11-17-44(71)14-5-8-20-53(75)65-29-47(74)26-41(65)36-92-99(84,85)98-49-28-43(67(31-49)55(77)22-10-7-16-46(73)19-13-25-91-64-40(3)58(80)61(83)52(34-70)96-64)37-93-100(86,87)97-48-27-42(35-88-4)66(30-48)54(76)21-9-6-15-45(72)18-12-24-90-63-39(2)57(79)60(82)51(33-69)95-63;1-4(2)3/h38-43,47-52,56-64,68-70,74,78-83H,5-37H2,1-4H3,(H,84,85)(H,86,87);4H,1-3H3/t38?,39?,40?,41-,42-,43-,47+,48+,49+,50?,51?,52?,56+,57+,58+,59-,60-,61-,62+,63+,64+;/m0./s1. The molecular weight excluding hydrogens is 1420 g/mol. The first-order valence-corrected chi connectivity index (χ1v) is 39.9. The second-order valence-corrected chi connectivity index (χ2v) is 31.8.